The Morgan fingerprint density at radius 3 is 2.29 bits per heavy atom. The molecule has 0 aliphatic heterocycles. The molecule has 128 valence electrons. The van der Waals surface area contributed by atoms with Crippen LogP contribution in [-0.2, 0) is 10.0 Å². The Morgan fingerprint density at radius 2 is 1.71 bits per heavy atom. The Hall–Kier alpha value is -1.89. The van der Waals surface area contributed by atoms with E-state index in [2.05, 4.69) is 0 Å². The number of hydrogen-bond acceptors (Lipinski definition) is 4. The number of carbonyl (C=O) groups excluding carboxylic acids is 1. The molecule has 0 spiro atoms. The molecule has 0 heterocycles. The molecule has 0 bridgehead atoms. The van der Waals surface area contributed by atoms with E-state index in [4.69, 9.17) is 16.3 Å². The van der Waals surface area contributed by atoms with Crippen molar-refractivity contribution in [2.75, 3.05) is 14.1 Å². The van der Waals surface area contributed by atoms with Gasteiger partial charge in [-0.1, -0.05) is 17.7 Å². The maximum absolute atomic E-state index is 12.5. The van der Waals surface area contributed by atoms with Crippen molar-refractivity contribution in [2.45, 2.75) is 18.7 Å². The lowest BCUT2D eigenvalue weighted by atomic mass is 10.1. The number of aryl methyl sites for hydroxylation is 2. The van der Waals surface area contributed by atoms with Gasteiger partial charge in [-0.2, -0.15) is 0 Å². The highest BCUT2D eigenvalue weighted by atomic mass is 35.5. The van der Waals surface area contributed by atoms with Crippen LogP contribution in [0.4, 0.5) is 0 Å². The highest BCUT2D eigenvalue weighted by Crippen LogP contribution is 2.24. The van der Waals surface area contributed by atoms with Crippen LogP contribution in [0.15, 0.2) is 41.3 Å². The summed E-state index contributed by atoms with van der Waals surface area (Å²) in [5.74, 6) is -0.238. The van der Waals surface area contributed by atoms with Gasteiger partial charge in [-0.3, -0.25) is 0 Å². The molecule has 0 aromatic heterocycles. The fourth-order valence-corrected chi connectivity index (χ4v) is 3.23. The lowest BCUT2D eigenvalue weighted by molar-refractivity contribution is 0.0732. The van der Waals surface area contributed by atoms with E-state index in [0.717, 1.165) is 4.31 Å². The topological polar surface area (TPSA) is 63.7 Å². The first-order chi connectivity index (χ1) is 11.1. The SMILES string of the molecule is Cc1cc(Cl)ccc1OC(=O)c1cc(S(=O)(=O)N(C)C)ccc1C. The van der Waals surface area contributed by atoms with Crippen LogP contribution in [0, 0.1) is 13.8 Å². The van der Waals surface area contributed by atoms with Gasteiger partial charge in [-0.05, 0) is 55.3 Å². The van der Waals surface area contributed by atoms with E-state index in [1.54, 1.807) is 38.1 Å². The minimum atomic E-state index is -3.63. The van der Waals surface area contributed by atoms with E-state index in [9.17, 15) is 13.2 Å². The van der Waals surface area contributed by atoms with E-state index in [1.165, 1.54) is 26.2 Å². The zero-order chi connectivity index (χ0) is 18.1. The third-order valence-corrected chi connectivity index (χ3v) is 5.59. The van der Waals surface area contributed by atoms with Crippen molar-refractivity contribution in [3.63, 3.8) is 0 Å². The number of esters is 1. The maximum atomic E-state index is 12.5. The Bertz CT molecular complexity index is 891. The number of halogens is 1. The van der Waals surface area contributed by atoms with Gasteiger partial charge in [0, 0.05) is 19.1 Å². The van der Waals surface area contributed by atoms with Gasteiger partial charge in [0.25, 0.3) is 0 Å². The minimum absolute atomic E-state index is 0.0397. The first-order valence-electron chi connectivity index (χ1n) is 7.14. The van der Waals surface area contributed by atoms with Gasteiger partial charge in [0.05, 0.1) is 10.5 Å². The maximum Gasteiger partial charge on any atom is 0.343 e. The van der Waals surface area contributed by atoms with Crippen molar-refractivity contribution in [3.05, 3.63) is 58.1 Å². The van der Waals surface area contributed by atoms with E-state index < -0.39 is 16.0 Å². The summed E-state index contributed by atoms with van der Waals surface area (Å²) >= 11 is 5.88. The van der Waals surface area contributed by atoms with Crippen LogP contribution in [0.2, 0.25) is 5.02 Å². The van der Waals surface area contributed by atoms with Crippen LogP contribution in [0.5, 0.6) is 5.75 Å². The molecule has 2 aromatic rings. The van der Waals surface area contributed by atoms with Gasteiger partial charge in [0.1, 0.15) is 5.75 Å². The molecule has 0 saturated heterocycles. The van der Waals surface area contributed by atoms with Crippen molar-refractivity contribution in [3.8, 4) is 5.75 Å². The number of rotatable bonds is 4. The Labute approximate surface area is 146 Å². The molecule has 5 nitrogen and oxygen atoms in total. The van der Waals surface area contributed by atoms with Crippen LogP contribution < -0.4 is 4.74 Å². The zero-order valence-corrected chi connectivity index (χ0v) is 15.4. The normalized spacial score (nSPS) is 11.6. The molecule has 0 amide bonds. The molecule has 7 heteroatoms. The standard InChI is InChI=1S/C17H18ClNO4S/c1-11-5-7-14(24(21,22)19(3)4)10-15(11)17(20)23-16-8-6-13(18)9-12(16)2/h5-10H,1-4H3. The molecular weight excluding hydrogens is 350 g/mol. The van der Waals surface area contributed by atoms with Crippen molar-refractivity contribution in [1.29, 1.82) is 0 Å². The summed E-state index contributed by atoms with van der Waals surface area (Å²) in [5.41, 5.74) is 1.54. The van der Waals surface area contributed by atoms with Gasteiger partial charge in [0.2, 0.25) is 10.0 Å². The predicted octanol–water partition coefficient (Wildman–Crippen LogP) is 3.43. The molecule has 0 aliphatic carbocycles. The molecule has 0 fully saturated rings. The monoisotopic (exact) mass is 367 g/mol. The molecular formula is C17H18ClNO4S. The predicted molar refractivity (Wildman–Crippen MR) is 93.2 cm³/mol. The third-order valence-electron chi connectivity index (χ3n) is 3.55. The highest BCUT2D eigenvalue weighted by Gasteiger charge is 2.21. The van der Waals surface area contributed by atoms with Gasteiger partial charge in [0.15, 0.2) is 0 Å². The van der Waals surface area contributed by atoms with Crippen LogP contribution in [-0.4, -0.2) is 32.8 Å². The number of sulfonamides is 1. The first kappa shape index (κ1) is 18.4. The summed E-state index contributed by atoms with van der Waals surface area (Å²) in [7, 11) is -0.759. The molecule has 0 atom stereocenters. The number of benzene rings is 2. The average Bonchev–Trinajstić information content (AvgIpc) is 2.50. The second-order valence-electron chi connectivity index (χ2n) is 5.56. The zero-order valence-electron chi connectivity index (χ0n) is 13.8. The minimum Gasteiger partial charge on any atom is -0.423 e. The van der Waals surface area contributed by atoms with Crippen molar-refractivity contribution < 1.29 is 17.9 Å². The van der Waals surface area contributed by atoms with E-state index in [1.807, 2.05) is 0 Å². The molecule has 2 aromatic carbocycles. The molecule has 0 unspecified atom stereocenters. The smallest absolute Gasteiger partial charge is 0.343 e. The second-order valence-corrected chi connectivity index (χ2v) is 8.15. The van der Waals surface area contributed by atoms with Crippen LogP contribution in [0.3, 0.4) is 0 Å². The quantitative estimate of drug-likeness (QED) is 0.613. The Kier molecular flexibility index (Phi) is 5.32. The summed E-state index contributed by atoms with van der Waals surface area (Å²) in [5, 5.41) is 0.544. The molecule has 0 aliphatic rings. The number of hydrogen-bond donors (Lipinski definition) is 0. The summed E-state index contributed by atoms with van der Waals surface area (Å²) < 4.78 is 30.9. The van der Waals surface area contributed by atoms with Gasteiger partial charge in [-0.15, -0.1) is 0 Å². The fraction of sp³-hybridized carbons (Fsp3) is 0.235. The van der Waals surface area contributed by atoms with Gasteiger partial charge >= 0.3 is 5.97 Å². The van der Waals surface area contributed by atoms with Crippen molar-refractivity contribution in [1.82, 2.24) is 4.31 Å². The Morgan fingerprint density at radius 1 is 1.04 bits per heavy atom. The average molecular weight is 368 g/mol. The molecule has 2 rings (SSSR count). The second kappa shape index (κ2) is 6.93. The van der Waals surface area contributed by atoms with Gasteiger partial charge < -0.3 is 4.74 Å². The number of carbonyl (C=O) groups is 1. The van der Waals surface area contributed by atoms with Gasteiger partial charge in [-0.25, -0.2) is 17.5 Å². The van der Waals surface area contributed by atoms with E-state index >= 15 is 0 Å². The van der Waals surface area contributed by atoms with Crippen molar-refractivity contribution >= 4 is 27.6 Å². The van der Waals surface area contributed by atoms with Crippen LogP contribution in [0.1, 0.15) is 21.5 Å². The van der Waals surface area contributed by atoms with E-state index in [-0.39, 0.29) is 10.5 Å². The molecule has 0 radical (unpaired) electrons. The summed E-state index contributed by atoms with van der Waals surface area (Å²) in [6, 6.07) is 9.29. The summed E-state index contributed by atoms with van der Waals surface area (Å²) in [4.78, 5) is 12.5. The number of ether oxygens (including phenoxy) is 1. The van der Waals surface area contributed by atoms with Crippen LogP contribution >= 0.6 is 11.6 Å². The fourth-order valence-electron chi connectivity index (χ4n) is 2.07. The summed E-state index contributed by atoms with van der Waals surface area (Å²) in [6.07, 6.45) is 0. The first-order valence-corrected chi connectivity index (χ1v) is 8.96. The van der Waals surface area contributed by atoms with Crippen molar-refractivity contribution in [2.24, 2.45) is 0 Å². The lowest BCUT2D eigenvalue weighted by Gasteiger charge is -2.14. The third kappa shape index (κ3) is 3.77. The molecule has 24 heavy (non-hydrogen) atoms. The number of nitrogens with zero attached hydrogens (tertiary/aromatic N) is 1. The summed E-state index contributed by atoms with van der Waals surface area (Å²) in [6.45, 7) is 3.49. The van der Waals surface area contributed by atoms with E-state index in [0.29, 0.717) is 21.9 Å². The Balaban J connectivity index is 2.39. The largest absolute Gasteiger partial charge is 0.423 e. The molecule has 0 saturated carbocycles. The van der Waals surface area contributed by atoms with Crippen LogP contribution in [0.25, 0.3) is 0 Å². The molecule has 0 N–H and O–H groups in total. The highest BCUT2D eigenvalue weighted by molar-refractivity contribution is 7.89. The lowest BCUT2D eigenvalue weighted by Crippen LogP contribution is -2.23.